The summed E-state index contributed by atoms with van der Waals surface area (Å²) in [5.41, 5.74) is 1.12. The minimum absolute atomic E-state index is 0. The van der Waals surface area contributed by atoms with E-state index in [0.29, 0.717) is 18.5 Å². The molecule has 0 amide bonds. The second kappa shape index (κ2) is 9.53. The predicted octanol–water partition coefficient (Wildman–Crippen LogP) is 2.07. The molecule has 1 fully saturated rings. The zero-order valence-corrected chi connectivity index (χ0v) is 18.7. The highest BCUT2D eigenvalue weighted by Gasteiger charge is 2.22. The topological polar surface area (TPSA) is 89.2 Å². The van der Waals surface area contributed by atoms with Gasteiger partial charge in [-0.05, 0) is 43.7 Å². The van der Waals surface area contributed by atoms with Crippen molar-refractivity contribution in [3.63, 3.8) is 0 Å². The highest BCUT2D eigenvalue weighted by Crippen LogP contribution is 2.29. The van der Waals surface area contributed by atoms with Crippen molar-refractivity contribution in [1.82, 2.24) is 30.4 Å². The molecule has 152 valence electrons. The van der Waals surface area contributed by atoms with Crippen LogP contribution in [-0.2, 0) is 19.5 Å². The second-order valence-corrected chi connectivity index (χ2v) is 7.32. The number of fused-ring (bicyclic) bond motifs is 1. The molecule has 4 rings (SSSR count). The van der Waals surface area contributed by atoms with Crippen LogP contribution in [0.5, 0.6) is 5.88 Å². The van der Waals surface area contributed by atoms with Gasteiger partial charge in [-0.15, -0.1) is 24.0 Å². The SMILES string of the molecule is CN=C(NCc1ccnc(OCC2CC2)c1)NC1CCc2nc(C)nn2C1.I. The van der Waals surface area contributed by atoms with Crippen LogP contribution in [0.4, 0.5) is 0 Å². The Morgan fingerprint density at radius 1 is 1.36 bits per heavy atom. The number of rotatable bonds is 6. The van der Waals surface area contributed by atoms with Crippen LogP contribution in [0.2, 0.25) is 0 Å². The normalized spacial score (nSPS) is 18.8. The van der Waals surface area contributed by atoms with Crippen LogP contribution in [0.25, 0.3) is 0 Å². The van der Waals surface area contributed by atoms with Crippen LogP contribution in [0.3, 0.4) is 0 Å². The number of hydrogen-bond acceptors (Lipinski definition) is 5. The Kier molecular flexibility index (Phi) is 7.08. The molecule has 8 nitrogen and oxygen atoms in total. The fourth-order valence-electron chi connectivity index (χ4n) is 3.25. The van der Waals surface area contributed by atoms with Crippen molar-refractivity contribution in [2.45, 2.75) is 51.7 Å². The van der Waals surface area contributed by atoms with E-state index in [2.05, 4.69) is 30.7 Å². The third kappa shape index (κ3) is 5.55. The van der Waals surface area contributed by atoms with Gasteiger partial charge in [0.1, 0.15) is 11.6 Å². The summed E-state index contributed by atoms with van der Waals surface area (Å²) in [6.07, 6.45) is 6.31. The summed E-state index contributed by atoms with van der Waals surface area (Å²) in [5, 5.41) is 11.3. The second-order valence-electron chi connectivity index (χ2n) is 7.32. The molecule has 9 heteroatoms. The van der Waals surface area contributed by atoms with Crippen molar-refractivity contribution < 1.29 is 4.74 Å². The number of halogens is 1. The highest BCUT2D eigenvalue weighted by molar-refractivity contribution is 14.0. The lowest BCUT2D eigenvalue weighted by Crippen LogP contribution is -2.46. The molecule has 1 unspecified atom stereocenters. The van der Waals surface area contributed by atoms with Crippen molar-refractivity contribution >= 4 is 29.9 Å². The van der Waals surface area contributed by atoms with Crippen molar-refractivity contribution in [1.29, 1.82) is 0 Å². The molecule has 2 aromatic heterocycles. The molecule has 2 N–H and O–H groups in total. The van der Waals surface area contributed by atoms with Gasteiger partial charge < -0.3 is 15.4 Å². The molecule has 28 heavy (non-hydrogen) atoms. The van der Waals surface area contributed by atoms with Gasteiger partial charge in [0, 0.05) is 38.3 Å². The summed E-state index contributed by atoms with van der Waals surface area (Å²) >= 11 is 0. The lowest BCUT2D eigenvalue weighted by molar-refractivity contribution is 0.288. The van der Waals surface area contributed by atoms with Crippen LogP contribution >= 0.6 is 24.0 Å². The molecule has 0 radical (unpaired) electrons. The van der Waals surface area contributed by atoms with Crippen molar-refractivity contribution in [2.75, 3.05) is 13.7 Å². The van der Waals surface area contributed by atoms with Crippen LogP contribution in [-0.4, -0.2) is 45.4 Å². The van der Waals surface area contributed by atoms with Crippen molar-refractivity contribution in [3.8, 4) is 5.88 Å². The monoisotopic (exact) mass is 497 g/mol. The Morgan fingerprint density at radius 3 is 3.00 bits per heavy atom. The molecule has 0 bridgehead atoms. The van der Waals surface area contributed by atoms with E-state index in [-0.39, 0.29) is 24.0 Å². The number of aryl methyl sites for hydroxylation is 2. The number of guanidine groups is 1. The largest absolute Gasteiger partial charge is 0.477 e. The predicted molar refractivity (Wildman–Crippen MR) is 118 cm³/mol. The van der Waals surface area contributed by atoms with Gasteiger partial charge in [-0.1, -0.05) is 0 Å². The zero-order chi connectivity index (χ0) is 18.6. The molecule has 1 aliphatic carbocycles. The van der Waals surface area contributed by atoms with Crippen LogP contribution < -0.4 is 15.4 Å². The third-order valence-electron chi connectivity index (χ3n) is 4.95. The average molecular weight is 497 g/mol. The number of aliphatic imine (C=N–C) groups is 1. The van der Waals surface area contributed by atoms with Crippen molar-refractivity contribution in [2.24, 2.45) is 10.9 Å². The number of hydrogen-bond donors (Lipinski definition) is 2. The maximum Gasteiger partial charge on any atom is 0.213 e. The molecule has 0 saturated heterocycles. The minimum Gasteiger partial charge on any atom is -0.477 e. The van der Waals surface area contributed by atoms with Crippen molar-refractivity contribution in [3.05, 3.63) is 35.5 Å². The van der Waals surface area contributed by atoms with E-state index < -0.39 is 0 Å². The fraction of sp³-hybridized carbons (Fsp3) is 0.579. The van der Waals surface area contributed by atoms with Gasteiger partial charge in [0.15, 0.2) is 5.96 Å². The first-order valence-electron chi connectivity index (χ1n) is 9.65. The lowest BCUT2D eigenvalue weighted by Gasteiger charge is -2.25. The number of pyridine rings is 1. The quantitative estimate of drug-likeness (QED) is 0.361. The molecule has 3 heterocycles. The van der Waals surface area contributed by atoms with E-state index >= 15 is 0 Å². The molecule has 0 spiro atoms. The molecule has 2 aromatic rings. The summed E-state index contributed by atoms with van der Waals surface area (Å²) < 4.78 is 7.76. The standard InChI is InChI=1S/C19H27N7O.HI/c1-13-23-17-6-5-16(11-26(17)25-13)24-19(20-2)22-10-15-7-8-21-18(9-15)27-12-14-3-4-14;/h7-9,14,16H,3-6,10-12H2,1-2H3,(H2,20,22,24);1H. The summed E-state index contributed by atoms with van der Waals surface area (Å²) in [4.78, 5) is 13.1. The molecule has 2 aliphatic rings. The minimum atomic E-state index is 0. The Balaban J connectivity index is 0.00000225. The van der Waals surface area contributed by atoms with Gasteiger partial charge in [0.05, 0.1) is 13.2 Å². The first kappa shape index (κ1) is 20.8. The maximum absolute atomic E-state index is 5.76. The van der Waals surface area contributed by atoms with E-state index in [1.807, 2.05) is 23.7 Å². The van der Waals surface area contributed by atoms with E-state index in [1.54, 1.807) is 13.2 Å². The molecular weight excluding hydrogens is 469 g/mol. The number of aromatic nitrogens is 4. The Hall–Kier alpha value is -1.91. The van der Waals surface area contributed by atoms with E-state index in [0.717, 1.165) is 55.1 Å². The molecule has 1 saturated carbocycles. The Labute approximate surface area is 182 Å². The Morgan fingerprint density at radius 2 is 2.21 bits per heavy atom. The van der Waals surface area contributed by atoms with E-state index in [9.17, 15) is 0 Å². The van der Waals surface area contributed by atoms with Gasteiger partial charge in [-0.2, -0.15) is 5.10 Å². The van der Waals surface area contributed by atoms with Gasteiger partial charge in [0.25, 0.3) is 0 Å². The third-order valence-corrected chi connectivity index (χ3v) is 4.95. The first-order chi connectivity index (χ1) is 13.2. The summed E-state index contributed by atoms with van der Waals surface area (Å²) in [6, 6.07) is 4.28. The van der Waals surface area contributed by atoms with Crippen LogP contribution in [0.1, 0.15) is 36.5 Å². The molecule has 1 aliphatic heterocycles. The van der Waals surface area contributed by atoms with Gasteiger partial charge in [-0.3, -0.25) is 4.99 Å². The number of nitrogens with one attached hydrogen (secondary N) is 2. The average Bonchev–Trinajstić information content (AvgIpc) is 3.43. The first-order valence-corrected chi connectivity index (χ1v) is 9.65. The summed E-state index contributed by atoms with van der Waals surface area (Å²) in [7, 11) is 1.79. The lowest BCUT2D eigenvalue weighted by atomic mass is 10.1. The number of ether oxygens (including phenoxy) is 1. The summed E-state index contributed by atoms with van der Waals surface area (Å²) in [5.74, 6) is 4.12. The highest BCUT2D eigenvalue weighted by atomic mass is 127. The van der Waals surface area contributed by atoms with Gasteiger partial charge in [0.2, 0.25) is 5.88 Å². The smallest absolute Gasteiger partial charge is 0.213 e. The molecule has 1 atom stereocenters. The Bertz CT molecular complexity index is 818. The maximum atomic E-state index is 5.76. The van der Waals surface area contributed by atoms with Crippen LogP contribution in [0, 0.1) is 12.8 Å². The molecular formula is C19H28IN7O. The van der Waals surface area contributed by atoms with E-state index in [4.69, 9.17) is 4.74 Å². The van der Waals surface area contributed by atoms with E-state index in [1.165, 1.54) is 12.8 Å². The number of nitrogens with zero attached hydrogens (tertiary/aromatic N) is 5. The summed E-state index contributed by atoms with van der Waals surface area (Å²) in [6.45, 7) is 4.19. The molecule has 0 aromatic carbocycles. The van der Waals surface area contributed by atoms with Gasteiger partial charge in [-0.25, -0.2) is 14.6 Å². The van der Waals surface area contributed by atoms with Gasteiger partial charge >= 0.3 is 0 Å². The zero-order valence-electron chi connectivity index (χ0n) is 16.4. The fourth-order valence-corrected chi connectivity index (χ4v) is 3.25. The van der Waals surface area contributed by atoms with Crippen LogP contribution in [0.15, 0.2) is 23.3 Å².